The molecule has 0 unspecified atom stereocenters. The van der Waals surface area contributed by atoms with Gasteiger partial charge in [-0.1, -0.05) is 60.7 Å². The molecule has 0 saturated heterocycles. The first-order valence-electron chi connectivity index (χ1n) is 9.56. The summed E-state index contributed by atoms with van der Waals surface area (Å²) in [6.45, 7) is 0. The quantitative estimate of drug-likeness (QED) is 0.378. The summed E-state index contributed by atoms with van der Waals surface area (Å²) < 4.78 is 0. The molecule has 0 fully saturated rings. The fraction of sp³-hybridized carbons (Fsp3) is 0.0385. The molecule has 0 aliphatic carbocycles. The van der Waals surface area contributed by atoms with Gasteiger partial charge in [-0.25, -0.2) is 0 Å². The van der Waals surface area contributed by atoms with Crippen LogP contribution in [0, 0.1) is 0 Å². The Kier molecular flexibility index (Phi) is 5.55. The summed E-state index contributed by atoms with van der Waals surface area (Å²) >= 11 is 0. The zero-order valence-electron chi connectivity index (χ0n) is 16.0. The average molecular weight is 397 g/mol. The van der Waals surface area contributed by atoms with Crippen LogP contribution in [0.1, 0.15) is 15.9 Å². The van der Waals surface area contributed by atoms with Gasteiger partial charge in [0.15, 0.2) is 6.29 Å². The minimum Gasteiger partial charge on any atom is -0.507 e. The van der Waals surface area contributed by atoms with Crippen LogP contribution in [0.5, 0.6) is 5.75 Å². The normalized spacial score (nSPS) is 11.2. The Hall–Kier alpha value is -3.22. The average Bonchev–Trinajstić information content (AvgIpc) is 2.80. The number of carbonyl (C=O) groups excluding carboxylic acids is 1. The molecular formula is C26H22O2P+. The molecule has 4 aromatic carbocycles. The molecule has 0 aromatic heterocycles. The third-order valence-electron chi connectivity index (χ3n) is 5.23. The van der Waals surface area contributed by atoms with Gasteiger partial charge in [-0.15, -0.1) is 0 Å². The number of benzene rings is 4. The molecule has 0 aliphatic rings. The fourth-order valence-electron chi connectivity index (χ4n) is 3.84. The lowest BCUT2D eigenvalue weighted by molar-refractivity contribution is 0.112. The molecule has 0 heterocycles. The van der Waals surface area contributed by atoms with Gasteiger partial charge in [-0.3, -0.25) is 4.79 Å². The molecule has 29 heavy (non-hydrogen) atoms. The first kappa shape index (κ1) is 19.1. The Morgan fingerprint density at radius 1 is 0.655 bits per heavy atom. The van der Waals surface area contributed by atoms with Crippen LogP contribution in [-0.2, 0) is 6.16 Å². The summed E-state index contributed by atoms with van der Waals surface area (Å²) in [5, 5.41) is 13.8. The van der Waals surface area contributed by atoms with E-state index in [2.05, 4.69) is 72.8 Å². The van der Waals surface area contributed by atoms with Gasteiger partial charge in [0.1, 0.15) is 28.9 Å². The van der Waals surface area contributed by atoms with Crippen molar-refractivity contribution in [2.24, 2.45) is 0 Å². The number of hydrogen-bond donors (Lipinski definition) is 1. The molecule has 4 aromatic rings. The predicted octanol–water partition coefficient (Wildman–Crippen LogP) is 4.70. The minimum absolute atomic E-state index is 0.0202. The van der Waals surface area contributed by atoms with Gasteiger partial charge >= 0.3 is 0 Å². The molecule has 0 spiro atoms. The lowest BCUT2D eigenvalue weighted by Gasteiger charge is -2.28. The van der Waals surface area contributed by atoms with E-state index in [1.807, 2.05) is 30.3 Å². The third-order valence-corrected chi connectivity index (χ3v) is 9.61. The van der Waals surface area contributed by atoms with Crippen molar-refractivity contribution in [3.05, 3.63) is 120 Å². The maximum Gasteiger partial charge on any atom is 0.153 e. The standard InChI is InChI=1S/C26H21O2P/c27-19-22-18-21(16-17-26(22)28)20-29(23-10-4-1-5-11-23,24-12-6-2-7-13-24)25-14-8-3-9-15-25/h1-19H,20H2/p+1. The second-order valence-electron chi connectivity index (χ2n) is 6.99. The maximum absolute atomic E-state index is 11.4. The smallest absolute Gasteiger partial charge is 0.153 e. The first-order valence-corrected chi connectivity index (χ1v) is 11.5. The van der Waals surface area contributed by atoms with E-state index < -0.39 is 7.26 Å². The number of carbonyl (C=O) groups is 1. The lowest BCUT2D eigenvalue weighted by atomic mass is 10.1. The summed E-state index contributed by atoms with van der Waals surface area (Å²) in [5.41, 5.74) is 1.37. The second kappa shape index (κ2) is 8.43. The van der Waals surface area contributed by atoms with Gasteiger partial charge in [0.05, 0.1) is 11.7 Å². The monoisotopic (exact) mass is 397 g/mol. The van der Waals surface area contributed by atoms with Gasteiger partial charge in [-0.2, -0.15) is 0 Å². The summed E-state index contributed by atoms with van der Waals surface area (Å²) in [6, 6.07) is 37.2. The van der Waals surface area contributed by atoms with Gasteiger partial charge in [-0.05, 0) is 54.1 Å². The molecule has 3 heteroatoms. The van der Waals surface area contributed by atoms with Crippen LogP contribution in [0.25, 0.3) is 0 Å². The summed E-state index contributed by atoms with van der Waals surface area (Å²) in [5.74, 6) is 0.0202. The van der Waals surface area contributed by atoms with E-state index >= 15 is 0 Å². The van der Waals surface area contributed by atoms with Crippen molar-refractivity contribution in [3.63, 3.8) is 0 Å². The van der Waals surface area contributed by atoms with E-state index in [0.29, 0.717) is 11.8 Å². The molecule has 0 atom stereocenters. The zero-order chi connectivity index (χ0) is 20.1. The number of rotatable bonds is 6. The first-order chi connectivity index (χ1) is 14.2. The Bertz CT molecular complexity index is 997. The molecule has 0 saturated carbocycles. The van der Waals surface area contributed by atoms with Crippen molar-refractivity contribution in [1.29, 1.82) is 0 Å². The second-order valence-corrected chi connectivity index (χ2v) is 10.5. The topological polar surface area (TPSA) is 37.3 Å². The van der Waals surface area contributed by atoms with Gasteiger partial charge in [0.2, 0.25) is 0 Å². The summed E-state index contributed by atoms with van der Waals surface area (Å²) in [7, 11) is -2.02. The molecule has 0 amide bonds. The van der Waals surface area contributed by atoms with Crippen molar-refractivity contribution < 1.29 is 9.90 Å². The van der Waals surface area contributed by atoms with Crippen LogP contribution in [0.2, 0.25) is 0 Å². The number of phenolic OH excluding ortho intramolecular Hbond substituents is 1. The molecule has 1 N–H and O–H groups in total. The number of hydrogen-bond acceptors (Lipinski definition) is 2. The Morgan fingerprint density at radius 3 is 1.52 bits per heavy atom. The van der Waals surface area contributed by atoms with Crippen LogP contribution in [0.15, 0.2) is 109 Å². The van der Waals surface area contributed by atoms with E-state index in [1.54, 1.807) is 6.07 Å². The SMILES string of the molecule is O=Cc1cc(C[P+](c2ccccc2)(c2ccccc2)c2ccccc2)ccc1O. The highest BCUT2D eigenvalue weighted by Gasteiger charge is 2.45. The Balaban J connectivity index is 1.99. The van der Waals surface area contributed by atoms with Crippen molar-refractivity contribution in [2.75, 3.05) is 0 Å². The van der Waals surface area contributed by atoms with Crippen molar-refractivity contribution >= 4 is 29.5 Å². The Labute approximate surface area is 171 Å². The maximum atomic E-state index is 11.4. The highest BCUT2D eigenvalue weighted by molar-refractivity contribution is 7.95. The van der Waals surface area contributed by atoms with E-state index in [0.717, 1.165) is 11.7 Å². The fourth-order valence-corrected chi connectivity index (χ4v) is 8.07. The summed E-state index contributed by atoms with van der Waals surface area (Å²) in [6.07, 6.45) is 1.48. The van der Waals surface area contributed by atoms with Crippen LogP contribution < -0.4 is 15.9 Å². The van der Waals surface area contributed by atoms with Crippen LogP contribution >= 0.6 is 7.26 Å². The third kappa shape index (κ3) is 3.72. The van der Waals surface area contributed by atoms with Crippen molar-refractivity contribution in [1.82, 2.24) is 0 Å². The van der Waals surface area contributed by atoms with E-state index in [-0.39, 0.29) is 5.75 Å². The van der Waals surface area contributed by atoms with Crippen LogP contribution in [0.3, 0.4) is 0 Å². The summed E-state index contributed by atoms with van der Waals surface area (Å²) in [4.78, 5) is 11.4. The van der Waals surface area contributed by atoms with Gasteiger partial charge in [0.25, 0.3) is 0 Å². The predicted molar refractivity (Wildman–Crippen MR) is 122 cm³/mol. The van der Waals surface area contributed by atoms with Crippen LogP contribution in [0.4, 0.5) is 0 Å². The van der Waals surface area contributed by atoms with Crippen molar-refractivity contribution in [2.45, 2.75) is 6.16 Å². The van der Waals surface area contributed by atoms with Crippen molar-refractivity contribution in [3.8, 4) is 5.75 Å². The van der Waals surface area contributed by atoms with Gasteiger partial charge in [0, 0.05) is 0 Å². The van der Waals surface area contributed by atoms with Crippen LogP contribution in [-0.4, -0.2) is 11.4 Å². The van der Waals surface area contributed by atoms with E-state index in [4.69, 9.17) is 0 Å². The molecule has 0 aliphatic heterocycles. The molecular weight excluding hydrogens is 375 g/mol. The van der Waals surface area contributed by atoms with Gasteiger partial charge < -0.3 is 5.11 Å². The number of aldehydes is 1. The highest BCUT2D eigenvalue weighted by atomic mass is 31.2. The Morgan fingerprint density at radius 2 is 1.10 bits per heavy atom. The molecule has 2 nitrogen and oxygen atoms in total. The number of phenols is 1. The molecule has 0 bridgehead atoms. The largest absolute Gasteiger partial charge is 0.507 e. The van der Waals surface area contributed by atoms with E-state index in [9.17, 15) is 9.90 Å². The highest BCUT2D eigenvalue weighted by Crippen LogP contribution is 2.58. The minimum atomic E-state index is -2.02. The molecule has 4 rings (SSSR count). The molecule has 0 radical (unpaired) electrons. The number of aromatic hydroxyl groups is 1. The zero-order valence-corrected chi connectivity index (χ0v) is 16.9. The lowest BCUT2D eigenvalue weighted by Crippen LogP contribution is -2.32. The van der Waals surface area contributed by atoms with E-state index in [1.165, 1.54) is 15.9 Å². The molecule has 142 valence electrons.